The normalized spacial score (nSPS) is 14.1. The number of nitrogens with zero attached hydrogens (tertiary/aromatic N) is 6. The summed E-state index contributed by atoms with van der Waals surface area (Å²) in [6.45, 7) is 0.708. The molecule has 1 aliphatic heterocycles. The molecule has 1 N–H and O–H groups in total. The van der Waals surface area contributed by atoms with E-state index in [-0.39, 0.29) is 49.6 Å². The van der Waals surface area contributed by atoms with Crippen LogP contribution in [-0.4, -0.2) is 53.7 Å². The van der Waals surface area contributed by atoms with Gasteiger partial charge in [-0.15, -0.1) is 5.10 Å². The highest BCUT2D eigenvalue weighted by Gasteiger charge is 2.32. The van der Waals surface area contributed by atoms with Crippen LogP contribution in [0.25, 0.3) is 17.1 Å². The van der Waals surface area contributed by atoms with Crippen LogP contribution in [0.15, 0.2) is 88.4 Å². The average Bonchev–Trinajstić information content (AvgIpc) is 3.86. The SMILES string of the molecule is O=C(NCc1ccccc1-c1nccnn1)c1c2n(c(=O)n1-c1ccc(OC3CC3)cc1)CCN(C(=O)c1ccc(Br)c(Cl)c1)C2. The molecule has 0 radical (unpaired) electrons. The Morgan fingerprint density at radius 3 is 2.57 bits per heavy atom. The third-order valence-corrected chi connectivity index (χ3v) is 9.18. The van der Waals surface area contributed by atoms with Gasteiger partial charge in [0, 0.05) is 41.4 Å². The average molecular weight is 701 g/mol. The number of fused-ring (bicyclic) bond motifs is 1. The van der Waals surface area contributed by atoms with E-state index in [1.807, 2.05) is 24.3 Å². The lowest BCUT2D eigenvalue weighted by atomic mass is 10.1. The number of carbonyl (C=O) groups is 2. The second-order valence-electron chi connectivity index (χ2n) is 11.0. The highest BCUT2D eigenvalue weighted by Crippen LogP contribution is 2.29. The number of aromatic nitrogens is 5. The summed E-state index contributed by atoms with van der Waals surface area (Å²) in [6.07, 6.45) is 5.32. The molecule has 0 spiro atoms. The summed E-state index contributed by atoms with van der Waals surface area (Å²) in [5.41, 5.74) is 2.66. The fourth-order valence-corrected chi connectivity index (χ4v) is 5.92. The lowest BCUT2D eigenvalue weighted by Gasteiger charge is -2.28. The summed E-state index contributed by atoms with van der Waals surface area (Å²) in [6, 6.07) is 19.6. The van der Waals surface area contributed by atoms with Gasteiger partial charge in [-0.3, -0.25) is 18.7 Å². The van der Waals surface area contributed by atoms with Gasteiger partial charge in [0.1, 0.15) is 11.4 Å². The first-order valence-electron chi connectivity index (χ1n) is 14.7. The van der Waals surface area contributed by atoms with Crippen molar-refractivity contribution in [2.45, 2.75) is 38.6 Å². The van der Waals surface area contributed by atoms with Gasteiger partial charge in [0.15, 0.2) is 5.82 Å². The zero-order valence-electron chi connectivity index (χ0n) is 24.4. The van der Waals surface area contributed by atoms with E-state index in [0.717, 1.165) is 24.0 Å². The minimum Gasteiger partial charge on any atom is -0.490 e. The highest BCUT2D eigenvalue weighted by molar-refractivity contribution is 9.10. The Morgan fingerprint density at radius 2 is 1.83 bits per heavy atom. The van der Waals surface area contributed by atoms with Crippen LogP contribution in [0.2, 0.25) is 5.02 Å². The Bertz CT molecular complexity index is 2010. The summed E-state index contributed by atoms with van der Waals surface area (Å²) in [4.78, 5) is 47.5. The number of amides is 2. The second-order valence-corrected chi connectivity index (χ2v) is 12.3. The van der Waals surface area contributed by atoms with Crippen LogP contribution in [0.4, 0.5) is 0 Å². The number of hydrogen-bond acceptors (Lipinski definition) is 7. The Morgan fingerprint density at radius 1 is 1.02 bits per heavy atom. The number of ether oxygens (including phenoxy) is 1. The van der Waals surface area contributed by atoms with Crippen LogP contribution in [0, 0.1) is 0 Å². The van der Waals surface area contributed by atoms with Crippen molar-refractivity contribution in [1.82, 2.24) is 34.5 Å². The van der Waals surface area contributed by atoms with Gasteiger partial charge >= 0.3 is 5.69 Å². The van der Waals surface area contributed by atoms with E-state index >= 15 is 0 Å². The summed E-state index contributed by atoms with van der Waals surface area (Å²) in [7, 11) is 0. The minimum atomic E-state index is -0.466. The standard InChI is InChI=1S/C33H27BrClN7O4/c34-26-12-5-20(17-27(26)35)32(44)40-15-16-41-28(19-40)29(42(33(41)45)22-6-8-23(9-7-22)46-24-10-11-24)31(43)37-18-21-3-1-2-4-25(21)30-36-13-14-38-39-30/h1-9,12-14,17,24H,10-11,15-16,18-19H2,(H,37,43). The molecule has 232 valence electrons. The molecule has 0 unspecified atom stereocenters. The predicted octanol–water partition coefficient (Wildman–Crippen LogP) is 5.03. The highest BCUT2D eigenvalue weighted by atomic mass is 79.9. The summed E-state index contributed by atoms with van der Waals surface area (Å²) >= 11 is 9.64. The topological polar surface area (TPSA) is 124 Å². The molecule has 0 bridgehead atoms. The predicted molar refractivity (Wildman–Crippen MR) is 174 cm³/mol. The molecule has 3 heterocycles. The lowest BCUT2D eigenvalue weighted by Crippen LogP contribution is -2.41. The summed E-state index contributed by atoms with van der Waals surface area (Å²) in [5, 5.41) is 11.5. The van der Waals surface area contributed by atoms with Gasteiger partial charge in [-0.2, -0.15) is 5.10 Å². The van der Waals surface area contributed by atoms with Gasteiger partial charge in [-0.1, -0.05) is 35.9 Å². The Kier molecular flexibility index (Phi) is 8.14. The Balaban J connectivity index is 1.24. The van der Waals surface area contributed by atoms with Crippen LogP contribution in [-0.2, 0) is 19.6 Å². The number of hydrogen-bond donors (Lipinski definition) is 1. The van der Waals surface area contributed by atoms with E-state index in [2.05, 4.69) is 36.4 Å². The van der Waals surface area contributed by atoms with Crippen molar-refractivity contribution in [3.63, 3.8) is 0 Å². The largest absolute Gasteiger partial charge is 0.490 e. The zero-order valence-corrected chi connectivity index (χ0v) is 26.7. The number of benzene rings is 3. The number of halogens is 2. The van der Waals surface area contributed by atoms with Crippen LogP contribution in [0.5, 0.6) is 5.75 Å². The Labute approximate surface area is 276 Å². The van der Waals surface area contributed by atoms with Crippen LogP contribution < -0.4 is 15.7 Å². The molecule has 1 fully saturated rings. The van der Waals surface area contributed by atoms with E-state index in [1.54, 1.807) is 58.1 Å². The number of nitrogens with one attached hydrogen (secondary N) is 1. The van der Waals surface area contributed by atoms with Gasteiger partial charge in [-0.25, -0.2) is 9.78 Å². The monoisotopic (exact) mass is 699 g/mol. The molecule has 7 rings (SSSR count). The van der Waals surface area contributed by atoms with E-state index in [0.29, 0.717) is 38.0 Å². The molecule has 0 atom stereocenters. The summed E-state index contributed by atoms with van der Waals surface area (Å²) < 4.78 is 9.55. The maximum Gasteiger partial charge on any atom is 0.333 e. The number of imidazole rings is 1. The minimum absolute atomic E-state index is 0.0560. The van der Waals surface area contributed by atoms with Crippen molar-refractivity contribution in [3.8, 4) is 22.8 Å². The van der Waals surface area contributed by atoms with Gasteiger partial charge in [-0.05, 0) is 76.8 Å². The van der Waals surface area contributed by atoms with Crippen molar-refractivity contribution in [1.29, 1.82) is 0 Å². The van der Waals surface area contributed by atoms with Crippen molar-refractivity contribution in [3.05, 3.63) is 122 Å². The lowest BCUT2D eigenvalue weighted by molar-refractivity contribution is 0.0706. The van der Waals surface area contributed by atoms with Gasteiger partial charge in [0.05, 0.1) is 35.2 Å². The first kappa shape index (κ1) is 29.9. The van der Waals surface area contributed by atoms with Gasteiger partial charge in [0.2, 0.25) is 0 Å². The number of rotatable bonds is 8. The van der Waals surface area contributed by atoms with Crippen LogP contribution in [0.3, 0.4) is 0 Å². The fourth-order valence-electron chi connectivity index (χ4n) is 5.49. The molecule has 1 saturated carbocycles. The number of carbonyl (C=O) groups excluding carboxylic acids is 2. The molecule has 3 aromatic carbocycles. The molecule has 0 saturated heterocycles. The Hall–Kier alpha value is -4.81. The van der Waals surface area contributed by atoms with Crippen LogP contribution in [0.1, 0.15) is 44.9 Å². The summed E-state index contributed by atoms with van der Waals surface area (Å²) in [5.74, 6) is 0.417. The molecule has 2 amide bonds. The van der Waals surface area contributed by atoms with E-state index < -0.39 is 5.91 Å². The van der Waals surface area contributed by atoms with Crippen LogP contribution >= 0.6 is 27.5 Å². The molecular weight excluding hydrogens is 674 g/mol. The van der Waals surface area contributed by atoms with Crippen molar-refractivity contribution in [2.24, 2.45) is 0 Å². The molecular formula is C33H27BrClN7O4. The van der Waals surface area contributed by atoms with Crippen molar-refractivity contribution < 1.29 is 14.3 Å². The molecule has 1 aliphatic carbocycles. The fraction of sp³-hybridized carbons (Fsp3) is 0.212. The first-order chi connectivity index (χ1) is 22.4. The molecule has 13 heteroatoms. The van der Waals surface area contributed by atoms with E-state index in [4.69, 9.17) is 16.3 Å². The van der Waals surface area contributed by atoms with Crippen molar-refractivity contribution in [2.75, 3.05) is 6.54 Å². The molecule has 46 heavy (non-hydrogen) atoms. The zero-order chi connectivity index (χ0) is 31.8. The quantitative estimate of drug-likeness (QED) is 0.241. The van der Waals surface area contributed by atoms with E-state index in [9.17, 15) is 14.4 Å². The van der Waals surface area contributed by atoms with Gasteiger partial charge in [0.25, 0.3) is 11.8 Å². The maximum absolute atomic E-state index is 14.1. The maximum atomic E-state index is 14.1. The second kappa shape index (κ2) is 12.5. The molecule has 5 aromatic rings. The molecule has 11 nitrogen and oxygen atoms in total. The first-order valence-corrected chi connectivity index (χ1v) is 15.9. The van der Waals surface area contributed by atoms with Crippen molar-refractivity contribution >= 4 is 39.3 Å². The van der Waals surface area contributed by atoms with Gasteiger partial charge < -0.3 is 15.0 Å². The third kappa shape index (κ3) is 5.93. The smallest absolute Gasteiger partial charge is 0.333 e. The van der Waals surface area contributed by atoms with E-state index in [1.165, 1.54) is 10.8 Å². The third-order valence-electron chi connectivity index (χ3n) is 7.95. The molecule has 2 aromatic heterocycles. The molecule has 2 aliphatic rings.